The molecule has 3 rings (SSSR count). The highest BCUT2D eigenvalue weighted by Crippen LogP contribution is 2.38. The average Bonchev–Trinajstić information content (AvgIpc) is 2.66. The van der Waals surface area contributed by atoms with E-state index in [0.717, 1.165) is 12.1 Å². The molecular formula is C18H7F3N2O4S2. The Labute approximate surface area is 167 Å². The summed E-state index contributed by atoms with van der Waals surface area (Å²) in [6.45, 7) is 0. The number of benzene rings is 3. The Bertz CT molecular complexity index is 1380. The van der Waals surface area contributed by atoms with Crippen LogP contribution >= 0.6 is 12.6 Å². The van der Waals surface area contributed by atoms with Crippen LogP contribution in [0.25, 0.3) is 10.8 Å². The fourth-order valence-electron chi connectivity index (χ4n) is 2.58. The molecule has 0 amide bonds. The zero-order valence-corrected chi connectivity index (χ0v) is 15.7. The van der Waals surface area contributed by atoms with Crippen LogP contribution in [0, 0.1) is 40.1 Å². The molecule has 1 N–H and O–H groups in total. The molecule has 0 aliphatic rings. The Morgan fingerprint density at radius 2 is 1.59 bits per heavy atom. The summed E-state index contributed by atoms with van der Waals surface area (Å²) in [6, 6.07) is 8.56. The van der Waals surface area contributed by atoms with Gasteiger partial charge in [-0.15, -0.1) is 12.6 Å². The van der Waals surface area contributed by atoms with Crippen molar-refractivity contribution >= 4 is 33.5 Å². The minimum atomic E-state index is -4.74. The van der Waals surface area contributed by atoms with Crippen LogP contribution in [0.1, 0.15) is 11.1 Å². The summed E-state index contributed by atoms with van der Waals surface area (Å²) < 4.78 is 80.5. The Balaban J connectivity index is 2.33. The van der Waals surface area contributed by atoms with E-state index in [9.17, 15) is 26.1 Å². The number of ether oxygens (including phenoxy) is 1. The van der Waals surface area contributed by atoms with E-state index in [1.54, 1.807) is 0 Å². The number of fused-ring (bicyclic) bond motifs is 1. The molecule has 3 aromatic rings. The predicted octanol–water partition coefficient (Wildman–Crippen LogP) is 4.33. The van der Waals surface area contributed by atoms with E-state index in [1.807, 2.05) is 0 Å². The Morgan fingerprint density at radius 3 is 2.17 bits per heavy atom. The number of nitrogens with zero attached hydrogens (tertiary/aromatic N) is 2. The minimum Gasteiger partial charge on any atom is -0.450 e. The van der Waals surface area contributed by atoms with E-state index >= 15 is 0 Å². The molecule has 3 aromatic carbocycles. The molecule has 0 atom stereocenters. The van der Waals surface area contributed by atoms with Crippen molar-refractivity contribution in [2.75, 3.05) is 0 Å². The molecule has 0 saturated heterocycles. The maximum atomic E-state index is 14.6. The lowest BCUT2D eigenvalue weighted by Gasteiger charge is -2.14. The fourth-order valence-corrected chi connectivity index (χ4v) is 3.32. The third kappa shape index (κ3) is 3.59. The average molecular weight is 436 g/mol. The highest BCUT2D eigenvalue weighted by molar-refractivity contribution is 7.85. The summed E-state index contributed by atoms with van der Waals surface area (Å²) in [6.07, 6.45) is 0. The summed E-state index contributed by atoms with van der Waals surface area (Å²) in [7, 11) is -4.74. The highest BCUT2D eigenvalue weighted by atomic mass is 32.2. The number of thiol groups is 1. The lowest BCUT2D eigenvalue weighted by molar-refractivity contribution is 0.386. The molecule has 0 fully saturated rings. The molecule has 0 heterocycles. The van der Waals surface area contributed by atoms with E-state index in [2.05, 4.69) is 12.6 Å². The van der Waals surface area contributed by atoms with E-state index in [0.29, 0.717) is 4.90 Å². The van der Waals surface area contributed by atoms with E-state index in [4.69, 9.17) is 15.3 Å². The third-order valence-corrected chi connectivity index (χ3v) is 5.00. The van der Waals surface area contributed by atoms with Gasteiger partial charge in [-0.3, -0.25) is 4.55 Å². The van der Waals surface area contributed by atoms with Crippen LogP contribution in [0.4, 0.5) is 13.2 Å². The van der Waals surface area contributed by atoms with Gasteiger partial charge in [0.05, 0.1) is 4.90 Å². The fraction of sp³-hybridized carbons (Fsp3) is 0. The van der Waals surface area contributed by atoms with Crippen LogP contribution in [0.3, 0.4) is 0 Å². The van der Waals surface area contributed by atoms with Crippen LogP contribution in [0.15, 0.2) is 40.1 Å². The summed E-state index contributed by atoms with van der Waals surface area (Å²) in [5.41, 5.74) is -2.21. The van der Waals surface area contributed by atoms with Gasteiger partial charge in [0.2, 0.25) is 11.6 Å². The van der Waals surface area contributed by atoms with Gasteiger partial charge in [0, 0.05) is 16.3 Å². The van der Waals surface area contributed by atoms with E-state index in [1.165, 1.54) is 30.3 Å². The first-order valence-electron chi connectivity index (χ1n) is 7.51. The topological polar surface area (TPSA) is 111 Å². The molecule has 0 aromatic heterocycles. The number of halogens is 3. The van der Waals surface area contributed by atoms with Gasteiger partial charge in [-0.05, 0) is 29.7 Å². The minimum absolute atomic E-state index is 0.150. The van der Waals surface area contributed by atoms with Crippen molar-refractivity contribution in [1.29, 1.82) is 10.5 Å². The van der Waals surface area contributed by atoms with Crippen molar-refractivity contribution in [3.63, 3.8) is 0 Å². The Hall–Kier alpha value is -3.25. The van der Waals surface area contributed by atoms with Crippen molar-refractivity contribution in [2.24, 2.45) is 0 Å². The number of rotatable bonds is 3. The molecule has 0 radical (unpaired) electrons. The maximum absolute atomic E-state index is 14.6. The lowest BCUT2D eigenvalue weighted by atomic mass is 10.1. The van der Waals surface area contributed by atoms with Crippen molar-refractivity contribution in [1.82, 2.24) is 0 Å². The van der Waals surface area contributed by atoms with Gasteiger partial charge in [-0.1, -0.05) is 0 Å². The van der Waals surface area contributed by atoms with Crippen LogP contribution in [-0.2, 0) is 10.1 Å². The van der Waals surface area contributed by atoms with Crippen LogP contribution in [0.2, 0.25) is 0 Å². The first kappa shape index (κ1) is 20.5. The summed E-state index contributed by atoms with van der Waals surface area (Å²) in [5, 5.41) is 18.1. The molecule has 11 heteroatoms. The molecule has 0 saturated carbocycles. The van der Waals surface area contributed by atoms with Gasteiger partial charge < -0.3 is 4.74 Å². The first-order chi connectivity index (χ1) is 13.6. The number of nitriles is 2. The van der Waals surface area contributed by atoms with E-state index < -0.39 is 55.1 Å². The Kier molecular flexibility index (Phi) is 5.15. The molecule has 0 aliphatic heterocycles. The molecule has 29 heavy (non-hydrogen) atoms. The van der Waals surface area contributed by atoms with Crippen LogP contribution in [0.5, 0.6) is 11.5 Å². The van der Waals surface area contributed by atoms with Crippen molar-refractivity contribution < 1.29 is 30.9 Å². The van der Waals surface area contributed by atoms with E-state index in [-0.39, 0.29) is 10.8 Å². The molecule has 0 bridgehead atoms. The zero-order valence-electron chi connectivity index (χ0n) is 13.9. The quantitative estimate of drug-likeness (QED) is 0.359. The largest absolute Gasteiger partial charge is 0.450 e. The monoisotopic (exact) mass is 436 g/mol. The van der Waals surface area contributed by atoms with Crippen molar-refractivity contribution in [3.05, 3.63) is 58.9 Å². The molecular weight excluding hydrogens is 429 g/mol. The molecule has 146 valence electrons. The van der Waals surface area contributed by atoms with Gasteiger partial charge >= 0.3 is 0 Å². The van der Waals surface area contributed by atoms with Crippen molar-refractivity contribution in [2.45, 2.75) is 9.79 Å². The predicted molar refractivity (Wildman–Crippen MR) is 96.8 cm³/mol. The van der Waals surface area contributed by atoms with Gasteiger partial charge in [0.1, 0.15) is 29.0 Å². The second-order valence-corrected chi connectivity index (χ2v) is 7.59. The maximum Gasteiger partial charge on any atom is 0.294 e. The Morgan fingerprint density at radius 1 is 0.966 bits per heavy atom. The van der Waals surface area contributed by atoms with Crippen LogP contribution < -0.4 is 4.74 Å². The zero-order chi connectivity index (χ0) is 21.5. The van der Waals surface area contributed by atoms with Gasteiger partial charge in [0.25, 0.3) is 10.1 Å². The van der Waals surface area contributed by atoms with Crippen molar-refractivity contribution in [3.8, 4) is 23.6 Å². The van der Waals surface area contributed by atoms with Gasteiger partial charge in [-0.25, -0.2) is 8.78 Å². The van der Waals surface area contributed by atoms with Gasteiger partial charge in [-0.2, -0.15) is 23.3 Å². The standard InChI is InChI=1S/C18H7F3N2O4S2/c19-15-12(6-22)13(7-23)16(20)18(17(15)21)27-14-5-10(29(24,25)26)4-8-3-9(28)1-2-11(8)14/h1-5,28H,(H,24,25,26). The molecule has 6 nitrogen and oxygen atoms in total. The normalized spacial score (nSPS) is 11.1. The number of hydrogen-bond donors (Lipinski definition) is 2. The third-order valence-electron chi connectivity index (χ3n) is 3.89. The second-order valence-electron chi connectivity index (χ2n) is 5.65. The van der Waals surface area contributed by atoms with Crippen LogP contribution in [-0.4, -0.2) is 13.0 Å². The SMILES string of the molecule is N#Cc1c(F)c(F)c(Oc2cc(S(=O)(=O)O)cc3cc(S)ccc23)c(F)c1C#N. The smallest absolute Gasteiger partial charge is 0.294 e. The number of hydrogen-bond acceptors (Lipinski definition) is 6. The molecule has 0 unspecified atom stereocenters. The van der Waals surface area contributed by atoms with Gasteiger partial charge in [0.15, 0.2) is 11.6 Å². The molecule has 0 spiro atoms. The summed E-state index contributed by atoms with van der Waals surface area (Å²) in [5.74, 6) is -7.11. The second kappa shape index (κ2) is 7.29. The summed E-state index contributed by atoms with van der Waals surface area (Å²) in [4.78, 5) is -0.251. The molecule has 0 aliphatic carbocycles. The summed E-state index contributed by atoms with van der Waals surface area (Å²) >= 11 is 4.11. The first-order valence-corrected chi connectivity index (χ1v) is 9.40. The lowest BCUT2D eigenvalue weighted by Crippen LogP contribution is -2.05. The highest BCUT2D eigenvalue weighted by Gasteiger charge is 2.28.